The second kappa shape index (κ2) is 5.16. The van der Waals surface area contributed by atoms with Crippen molar-refractivity contribution >= 4 is 29.2 Å². The van der Waals surface area contributed by atoms with Gasteiger partial charge in [-0.3, -0.25) is 5.41 Å². The van der Waals surface area contributed by atoms with E-state index in [0.717, 1.165) is 0 Å². The molecule has 0 spiro atoms. The van der Waals surface area contributed by atoms with Gasteiger partial charge in [-0.2, -0.15) is 0 Å². The molecule has 0 bridgehead atoms. The number of phenolic OH excluding ortho intramolecular Hbond substituents is 1. The van der Waals surface area contributed by atoms with E-state index in [1.165, 1.54) is 24.3 Å². The molecule has 0 atom stereocenters. The maximum absolute atomic E-state index is 12.0. The quantitative estimate of drug-likeness (QED) is 0.583. The fourth-order valence-corrected chi connectivity index (χ4v) is 2.23. The van der Waals surface area contributed by atoms with Crippen molar-refractivity contribution in [2.24, 2.45) is 10.7 Å². The van der Waals surface area contributed by atoms with Crippen molar-refractivity contribution in [2.45, 2.75) is 0 Å². The van der Waals surface area contributed by atoms with Gasteiger partial charge in [0.2, 0.25) is 0 Å². The van der Waals surface area contributed by atoms with Crippen molar-refractivity contribution in [3.63, 3.8) is 0 Å². The topological polar surface area (TPSA) is 109 Å². The van der Waals surface area contributed by atoms with E-state index in [-0.39, 0.29) is 28.7 Å². The average Bonchev–Trinajstić information content (AvgIpc) is 2.74. The molecule has 6 nitrogen and oxygen atoms in total. The highest BCUT2D eigenvalue weighted by Gasteiger charge is 2.24. The average molecular weight is 316 g/mol. The van der Waals surface area contributed by atoms with Gasteiger partial charge in [0.15, 0.2) is 5.84 Å². The first-order valence-electron chi connectivity index (χ1n) is 6.24. The summed E-state index contributed by atoms with van der Waals surface area (Å²) in [5.74, 6) is -0.727. The maximum Gasteiger partial charge on any atom is 0.343 e. The minimum atomic E-state index is -0.598. The van der Waals surface area contributed by atoms with Gasteiger partial charge in [-0.05, 0) is 30.3 Å². The summed E-state index contributed by atoms with van der Waals surface area (Å²) < 4.78 is 5.21. The second-order valence-electron chi connectivity index (χ2n) is 4.61. The molecule has 2 aromatic rings. The van der Waals surface area contributed by atoms with Crippen LogP contribution in [0.15, 0.2) is 41.4 Å². The van der Waals surface area contributed by atoms with Crippen molar-refractivity contribution < 1.29 is 14.6 Å². The first kappa shape index (κ1) is 14.1. The lowest BCUT2D eigenvalue weighted by Crippen LogP contribution is -2.12. The number of carbonyl (C=O) groups is 1. The Kier molecular flexibility index (Phi) is 3.30. The predicted octanol–water partition coefficient (Wildman–Crippen LogP) is 2.31. The highest BCUT2D eigenvalue weighted by Crippen LogP contribution is 2.32. The predicted molar refractivity (Wildman–Crippen MR) is 82.1 cm³/mol. The summed E-state index contributed by atoms with van der Waals surface area (Å²) in [6, 6.07) is 8.92. The minimum Gasteiger partial charge on any atom is -0.507 e. The van der Waals surface area contributed by atoms with Crippen LogP contribution < -0.4 is 10.5 Å². The van der Waals surface area contributed by atoms with Gasteiger partial charge in [-0.25, -0.2) is 9.79 Å². The van der Waals surface area contributed by atoms with Crippen molar-refractivity contribution in [2.75, 3.05) is 0 Å². The summed E-state index contributed by atoms with van der Waals surface area (Å²) in [6.07, 6.45) is 0. The van der Waals surface area contributed by atoms with E-state index in [1.54, 1.807) is 12.1 Å². The van der Waals surface area contributed by atoms with E-state index in [0.29, 0.717) is 16.1 Å². The molecule has 0 unspecified atom stereocenters. The number of hydrogen-bond donors (Lipinski definition) is 3. The molecule has 3 rings (SSSR count). The Morgan fingerprint density at radius 1 is 1.27 bits per heavy atom. The first-order chi connectivity index (χ1) is 10.5. The molecule has 22 heavy (non-hydrogen) atoms. The van der Waals surface area contributed by atoms with E-state index in [9.17, 15) is 9.90 Å². The maximum atomic E-state index is 12.0. The smallest absolute Gasteiger partial charge is 0.343 e. The van der Waals surface area contributed by atoms with Gasteiger partial charge in [0, 0.05) is 16.7 Å². The highest BCUT2D eigenvalue weighted by atomic mass is 35.5. The van der Waals surface area contributed by atoms with Crippen LogP contribution in [-0.2, 0) is 0 Å². The van der Waals surface area contributed by atoms with Crippen LogP contribution in [0.1, 0.15) is 21.5 Å². The number of ether oxygens (including phenoxy) is 1. The van der Waals surface area contributed by atoms with Crippen molar-refractivity contribution in [3.05, 3.63) is 58.1 Å². The van der Waals surface area contributed by atoms with Gasteiger partial charge >= 0.3 is 5.97 Å². The van der Waals surface area contributed by atoms with Crippen LogP contribution in [0.2, 0.25) is 5.02 Å². The number of nitrogens with zero attached hydrogens (tertiary/aromatic N) is 1. The van der Waals surface area contributed by atoms with Gasteiger partial charge < -0.3 is 15.6 Å². The van der Waals surface area contributed by atoms with E-state index in [2.05, 4.69) is 4.99 Å². The molecule has 0 amide bonds. The third-order valence-corrected chi connectivity index (χ3v) is 3.38. The summed E-state index contributed by atoms with van der Waals surface area (Å²) in [4.78, 5) is 15.8. The molecular formula is C15H10ClN3O3. The summed E-state index contributed by atoms with van der Waals surface area (Å²) in [7, 11) is 0. The monoisotopic (exact) mass is 315 g/mol. The van der Waals surface area contributed by atoms with Crippen LogP contribution >= 0.6 is 11.6 Å². The molecule has 4 N–H and O–H groups in total. The van der Waals surface area contributed by atoms with Crippen molar-refractivity contribution in [3.8, 4) is 11.5 Å². The molecular weight excluding hydrogens is 306 g/mol. The molecule has 1 aliphatic rings. The third-order valence-electron chi connectivity index (χ3n) is 3.13. The number of hydrogen-bond acceptors (Lipinski definition) is 5. The number of nitrogens with one attached hydrogen (secondary N) is 1. The summed E-state index contributed by atoms with van der Waals surface area (Å²) >= 11 is 5.76. The SMILES string of the molecule is N=C1N=C(N)c2cc(OC(=O)c3ccc(Cl)cc3)cc(O)c21. The zero-order valence-electron chi connectivity index (χ0n) is 11.1. The molecule has 0 fully saturated rings. The summed E-state index contributed by atoms with van der Waals surface area (Å²) in [6.45, 7) is 0. The number of phenols is 1. The Morgan fingerprint density at radius 3 is 2.64 bits per heavy atom. The molecule has 2 aromatic carbocycles. The standard InChI is InChI=1S/C15H10ClN3O3/c16-8-3-1-7(2-4-8)15(21)22-9-5-10-12(11(20)6-9)14(18)19-13(10)17/h1-6,20H,(H3,17,18,19). The fraction of sp³-hybridized carbons (Fsp3) is 0. The van der Waals surface area contributed by atoms with E-state index in [4.69, 9.17) is 27.5 Å². The van der Waals surface area contributed by atoms with Crippen LogP contribution in [-0.4, -0.2) is 22.7 Å². The number of aliphatic imine (C=N–C) groups is 1. The lowest BCUT2D eigenvalue weighted by atomic mass is 10.1. The molecule has 0 saturated heterocycles. The Bertz CT molecular complexity index is 829. The zero-order chi connectivity index (χ0) is 15.9. The first-order valence-corrected chi connectivity index (χ1v) is 6.61. The lowest BCUT2D eigenvalue weighted by Gasteiger charge is -2.08. The van der Waals surface area contributed by atoms with Crippen LogP contribution in [0.25, 0.3) is 0 Å². The van der Waals surface area contributed by atoms with E-state index < -0.39 is 5.97 Å². The molecule has 0 radical (unpaired) electrons. The number of amidine groups is 2. The van der Waals surface area contributed by atoms with Gasteiger partial charge in [-0.1, -0.05) is 11.6 Å². The molecule has 7 heteroatoms. The van der Waals surface area contributed by atoms with Crippen LogP contribution in [0.4, 0.5) is 0 Å². The highest BCUT2D eigenvalue weighted by molar-refractivity contribution is 6.30. The van der Waals surface area contributed by atoms with Crippen LogP contribution in [0.3, 0.4) is 0 Å². The number of benzene rings is 2. The molecule has 110 valence electrons. The summed E-state index contributed by atoms with van der Waals surface area (Å²) in [5.41, 5.74) is 6.58. The fourth-order valence-electron chi connectivity index (χ4n) is 2.10. The zero-order valence-corrected chi connectivity index (χ0v) is 11.9. The lowest BCUT2D eigenvalue weighted by molar-refractivity contribution is 0.0734. The Balaban J connectivity index is 1.91. The molecule has 0 aromatic heterocycles. The molecule has 0 saturated carbocycles. The summed E-state index contributed by atoms with van der Waals surface area (Å²) in [5, 5.41) is 18.1. The number of aromatic hydroxyl groups is 1. The van der Waals surface area contributed by atoms with E-state index in [1.807, 2.05) is 0 Å². The van der Waals surface area contributed by atoms with Gasteiger partial charge in [0.05, 0.1) is 11.1 Å². The molecule has 0 aliphatic carbocycles. The number of nitrogens with two attached hydrogens (primary N) is 1. The van der Waals surface area contributed by atoms with E-state index >= 15 is 0 Å². The van der Waals surface area contributed by atoms with Crippen molar-refractivity contribution in [1.29, 1.82) is 5.41 Å². The second-order valence-corrected chi connectivity index (χ2v) is 5.04. The van der Waals surface area contributed by atoms with Gasteiger partial charge in [0.25, 0.3) is 0 Å². The van der Waals surface area contributed by atoms with Gasteiger partial charge in [0.1, 0.15) is 17.3 Å². The molecule has 1 heterocycles. The number of carbonyl (C=O) groups excluding carboxylic acids is 1. The number of halogens is 1. The number of esters is 1. The molecule has 1 aliphatic heterocycles. The third kappa shape index (κ3) is 2.40. The van der Waals surface area contributed by atoms with Crippen LogP contribution in [0, 0.1) is 5.41 Å². The Morgan fingerprint density at radius 2 is 1.95 bits per heavy atom. The Hall–Kier alpha value is -2.86. The largest absolute Gasteiger partial charge is 0.507 e. The van der Waals surface area contributed by atoms with Crippen LogP contribution in [0.5, 0.6) is 11.5 Å². The van der Waals surface area contributed by atoms with Gasteiger partial charge in [-0.15, -0.1) is 0 Å². The minimum absolute atomic E-state index is 0.0969. The number of rotatable bonds is 2. The number of fused-ring (bicyclic) bond motifs is 1. The Labute approximate surface area is 130 Å². The van der Waals surface area contributed by atoms with Crippen molar-refractivity contribution in [1.82, 2.24) is 0 Å². The normalized spacial score (nSPS) is 12.8.